The number of phenolic OH excluding ortho intramolecular Hbond substituents is 2. The van der Waals surface area contributed by atoms with Crippen LogP contribution < -0.4 is 0 Å². The van der Waals surface area contributed by atoms with Crippen LogP contribution in [0.4, 0.5) is 0 Å². The first-order valence-electron chi connectivity index (χ1n) is 12.0. The fourth-order valence-electron chi connectivity index (χ4n) is 4.16. The van der Waals surface area contributed by atoms with Crippen LogP contribution >= 0.6 is 0 Å². The Balaban J connectivity index is 1.75. The van der Waals surface area contributed by atoms with Crippen LogP contribution in [0.5, 0.6) is 11.5 Å². The molecule has 0 amide bonds. The van der Waals surface area contributed by atoms with E-state index >= 15 is 0 Å². The molecule has 0 aromatic heterocycles. The average Bonchev–Trinajstić information content (AvgIpc) is 2.92. The molecule has 14 nitrogen and oxygen atoms in total. The highest BCUT2D eigenvalue weighted by Crippen LogP contribution is 2.36. The first-order valence-corrected chi connectivity index (χ1v) is 12.0. The maximum atomic E-state index is 12.7. The molecule has 0 spiro atoms. The van der Waals surface area contributed by atoms with E-state index in [0.29, 0.717) is 5.56 Å². The standard InChI is InChI=1S/C25H32O14/c1-35-23(34)15-11-37-24(39-25-22(33)21(32)20(31)18(10-27)38-25)13(4-6-26)14(15)9-19(30)36-7-5-12-2-3-16(28)17(29)8-12/h2-4,8,11,14,18,20-22,24-29,31-33H,5-7,9-10H2,1H3/b13-4-/t14-,18+,20+,21-,22+,24-,25-/m0/s1. The lowest BCUT2D eigenvalue weighted by Crippen LogP contribution is -2.60. The summed E-state index contributed by atoms with van der Waals surface area (Å²) in [7, 11) is 1.12. The van der Waals surface area contributed by atoms with Gasteiger partial charge in [0.25, 0.3) is 0 Å². The quantitative estimate of drug-likeness (QED) is 0.0974. The van der Waals surface area contributed by atoms with Crippen molar-refractivity contribution in [1.29, 1.82) is 0 Å². The second kappa shape index (κ2) is 13.7. The Morgan fingerprint density at radius 3 is 2.44 bits per heavy atom. The Morgan fingerprint density at radius 2 is 1.79 bits per heavy atom. The number of esters is 2. The lowest BCUT2D eigenvalue weighted by molar-refractivity contribution is -0.327. The molecule has 1 aromatic rings. The van der Waals surface area contributed by atoms with Crippen molar-refractivity contribution in [2.45, 2.75) is 49.8 Å². The molecule has 0 aliphatic carbocycles. The van der Waals surface area contributed by atoms with Gasteiger partial charge in [-0.2, -0.15) is 0 Å². The molecule has 216 valence electrons. The summed E-state index contributed by atoms with van der Waals surface area (Å²) in [6, 6.07) is 4.16. The van der Waals surface area contributed by atoms with Gasteiger partial charge in [-0.25, -0.2) is 4.79 Å². The van der Waals surface area contributed by atoms with E-state index in [0.717, 1.165) is 13.4 Å². The third kappa shape index (κ3) is 7.24. The average molecular weight is 557 g/mol. The Morgan fingerprint density at radius 1 is 1.05 bits per heavy atom. The van der Waals surface area contributed by atoms with Gasteiger partial charge in [0.05, 0.1) is 45.2 Å². The number of phenols is 2. The highest BCUT2D eigenvalue weighted by Gasteiger charge is 2.47. The van der Waals surface area contributed by atoms with E-state index in [2.05, 4.69) is 0 Å². The van der Waals surface area contributed by atoms with Crippen LogP contribution in [0.2, 0.25) is 0 Å². The molecule has 1 aromatic carbocycles. The van der Waals surface area contributed by atoms with Crippen molar-refractivity contribution < 1.29 is 69.0 Å². The van der Waals surface area contributed by atoms with Gasteiger partial charge in [-0.05, 0) is 17.7 Å². The molecule has 0 radical (unpaired) electrons. The van der Waals surface area contributed by atoms with E-state index < -0.39 is 74.5 Å². The predicted octanol–water partition coefficient (Wildman–Crippen LogP) is -1.66. The van der Waals surface area contributed by atoms with Crippen molar-refractivity contribution in [2.75, 3.05) is 26.9 Å². The third-order valence-corrected chi connectivity index (χ3v) is 6.29. The van der Waals surface area contributed by atoms with Crippen LogP contribution in [0.15, 0.2) is 41.7 Å². The van der Waals surface area contributed by atoms with Crippen molar-refractivity contribution in [1.82, 2.24) is 0 Å². The summed E-state index contributed by atoms with van der Waals surface area (Å²) < 4.78 is 26.5. The van der Waals surface area contributed by atoms with Gasteiger partial charge in [-0.15, -0.1) is 0 Å². The second-order valence-electron chi connectivity index (χ2n) is 8.80. The molecule has 0 unspecified atom stereocenters. The third-order valence-electron chi connectivity index (χ3n) is 6.29. The van der Waals surface area contributed by atoms with Crippen LogP contribution in [-0.2, 0) is 39.7 Å². The molecule has 7 N–H and O–H groups in total. The molecule has 2 heterocycles. The van der Waals surface area contributed by atoms with Crippen molar-refractivity contribution in [3.8, 4) is 11.5 Å². The number of aliphatic hydroxyl groups excluding tert-OH is 5. The number of benzene rings is 1. The summed E-state index contributed by atoms with van der Waals surface area (Å²) in [5.41, 5.74) is 0.581. The molecular weight excluding hydrogens is 524 g/mol. The first kappa shape index (κ1) is 30.3. The van der Waals surface area contributed by atoms with Crippen LogP contribution in [0.1, 0.15) is 12.0 Å². The van der Waals surface area contributed by atoms with E-state index in [1.807, 2.05) is 0 Å². The molecule has 3 rings (SSSR count). The van der Waals surface area contributed by atoms with E-state index in [1.165, 1.54) is 18.2 Å². The maximum Gasteiger partial charge on any atom is 0.337 e. The van der Waals surface area contributed by atoms with Gasteiger partial charge in [-0.1, -0.05) is 12.1 Å². The number of carbonyl (C=O) groups is 2. The molecule has 1 fully saturated rings. The highest BCUT2D eigenvalue weighted by atomic mass is 16.8. The Kier molecular flexibility index (Phi) is 10.7. The zero-order valence-corrected chi connectivity index (χ0v) is 21.0. The van der Waals surface area contributed by atoms with Gasteiger partial charge in [0.15, 0.2) is 17.8 Å². The number of rotatable bonds is 10. The number of aromatic hydroxyl groups is 2. The zero-order chi connectivity index (χ0) is 28.7. The summed E-state index contributed by atoms with van der Waals surface area (Å²) in [4.78, 5) is 25.1. The largest absolute Gasteiger partial charge is 0.504 e. The Hall–Kier alpha value is -3.24. The van der Waals surface area contributed by atoms with Gasteiger partial charge >= 0.3 is 11.9 Å². The maximum absolute atomic E-state index is 12.7. The van der Waals surface area contributed by atoms with E-state index in [9.17, 15) is 45.3 Å². The minimum Gasteiger partial charge on any atom is -0.504 e. The normalized spacial score (nSPS) is 29.8. The second-order valence-corrected chi connectivity index (χ2v) is 8.80. The van der Waals surface area contributed by atoms with Crippen LogP contribution in [0.3, 0.4) is 0 Å². The van der Waals surface area contributed by atoms with Gasteiger partial charge in [-0.3, -0.25) is 4.79 Å². The number of hydrogen-bond acceptors (Lipinski definition) is 14. The number of hydrogen-bond donors (Lipinski definition) is 7. The van der Waals surface area contributed by atoms with Gasteiger partial charge in [0.2, 0.25) is 6.29 Å². The zero-order valence-electron chi connectivity index (χ0n) is 21.0. The molecule has 1 saturated heterocycles. The Labute approximate surface area is 222 Å². The summed E-state index contributed by atoms with van der Waals surface area (Å²) in [6.07, 6.45) is -7.37. The van der Waals surface area contributed by atoms with Gasteiger partial charge in [0.1, 0.15) is 24.4 Å². The molecule has 7 atom stereocenters. The molecule has 14 heteroatoms. The SMILES string of the molecule is COC(=O)C1=CO[C@@H](O[C@@H]2O[C@H](CO)[C@@H](O)[C@H](O)[C@H]2O)/C(=C\CO)[C@@H]1CC(=O)OCCc1ccc(O)c(O)c1. The van der Waals surface area contributed by atoms with Gasteiger partial charge in [0, 0.05) is 17.9 Å². The smallest absolute Gasteiger partial charge is 0.337 e. The van der Waals surface area contributed by atoms with E-state index in [1.54, 1.807) is 6.07 Å². The molecule has 2 aliphatic rings. The van der Waals surface area contributed by atoms with Crippen molar-refractivity contribution >= 4 is 11.9 Å². The molecule has 2 aliphatic heterocycles. The number of methoxy groups -OCH3 is 1. The summed E-state index contributed by atoms with van der Waals surface area (Å²) >= 11 is 0. The van der Waals surface area contributed by atoms with Crippen LogP contribution in [0, 0.1) is 5.92 Å². The topological polar surface area (TPSA) is 222 Å². The van der Waals surface area contributed by atoms with Crippen molar-refractivity contribution in [3.05, 3.63) is 47.2 Å². The molecule has 39 heavy (non-hydrogen) atoms. The predicted molar refractivity (Wildman–Crippen MR) is 128 cm³/mol. The van der Waals surface area contributed by atoms with E-state index in [4.69, 9.17) is 23.7 Å². The lowest BCUT2D eigenvalue weighted by Gasteiger charge is -2.41. The van der Waals surface area contributed by atoms with Crippen molar-refractivity contribution in [2.24, 2.45) is 5.92 Å². The fraction of sp³-hybridized carbons (Fsp3) is 0.520. The van der Waals surface area contributed by atoms with Crippen molar-refractivity contribution in [3.63, 3.8) is 0 Å². The van der Waals surface area contributed by atoms with E-state index in [-0.39, 0.29) is 35.7 Å². The first-order chi connectivity index (χ1) is 18.6. The Bertz CT molecular complexity index is 1070. The van der Waals surface area contributed by atoms with Gasteiger partial charge < -0.3 is 59.4 Å². The van der Waals surface area contributed by atoms with Crippen LogP contribution in [-0.4, -0.2) is 112 Å². The molecule has 0 bridgehead atoms. The monoisotopic (exact) mass is 556 g/mol. The summed E-state index contributed by atoms with van der Waals surface area (Å²) in [5, 5.41) is 68.4. The summed E-state index contributed by atoms with van der Waals surface area (Å²) in [6.45, 7) is -1.34. The highest BCUT2D eigenvalue weighted by molar-refractivity contribution is 5.90. The minimum absolute atomic E-state index is 0.0813. The number of ether oxygens (including phenoxy) is 5. The minimum atomic E-state index is -1.75. The molecule has 0 saturated carbocycles. The van der Waals surface area contributed by atoms with Crippen LogP contribution in [0.25, 0.3) is 0 Å². The fourth-order valence-corrected chi connectivity index (χ4v) is 4.16. The summed E-state index contributed by atoms with van der Waals surface area (Å²) in [5.74, 6) is -3.24. The molecular formula is C25H32O14. The number of aliphatic hydroxyl groups is 5. The lowest BCUT2D eigenvalue weighted by atomic mass is 9.86. The number of carbonyl (C=O) groups excluding carboxylic acids is 2.